The van der Waals surface area contributed by atoms with E-state index in [0.717, 1.165) is 38.0 Å². The molecule has 0 spiro atoms. The van der Waals surface area contributed by atoms with Crippen LogP contribution in [-0.2, 0) is 4.74 Å². The third-order valence-electron chi connectivity index (χ3n) is 4.05. The molecule has 1 fully saturated rings. The Morgan fingerprint density at radius 3 is 2.96 bits per heavy atom. The first-order valence-corrected chi connectivity index (χ1v) is 8.41. The number of amides is 1. The molecule has 1 saturated heterocycles. The lowest BCUT2D eigenvalue weighted by Gasteiger charge is -2.32. The van der Waals surface area contributed by atoms with Crippen molar-refractivity contribution in [3.63, 3.8) is 0 Å². The van der Waals surface area contributed by atoms with Gasteiger partial charge >= 0.3 is 0 Å². The molecule has 1 amide bonds. The van der Waals surface area contributed by atoms with E-state index in [4.69, 9.17) is 4.74 Å². The minimum absolute atomic E-state index is 0.0431. The Kier molecular flexibility index (Phi) is 5.48. The summed E-state index contributed by atoms with van der Waals surface area (Å²) in [6, 6.07) is 5.46. The standard InChI is InChI=1S/C18H22N4O2/c1-2-9-24-15-5-4-8-22(12-15)18(23)17-7-3-6-16(21-17)14-10-19-13-20-11-14/h3,6-7,10-11,13,15H,2,4-5,8-9,12H2,1H3/t15-/m0/s1. The average Bonchev–Trinajstić information content (AvgIpc) is 2.67. The zero-order chi connectivity index (χ0) is 16.8. The number of carbonyl (C=O) groups excluding carboxylic acids is 1. The van der Waals surface area contributed by atoms with Crippen LogP contribution in [0.1, 0.15) is 36.7 Å². The summed E-state index contributed by atoms with van der Waals surface area (Å²) in [5, 5.41) is 0. The molecule has 0 unspecified atom stereocenters. The highest BCUT2D eigenvalue weighted by Gasteiger charge is 2.25. The van der Waals surface area contributed by atoms with E-state index < -0.39 is 0 Å². The molecule has 1 aliphatic heterocycles. The molecule has 2 aromatic rings. The van der Waals surface area contributed by atoms with Crippen molar-refractivity contribution in [1.29, 1.82) is 0 Å². The molecule has 0 aliphatic carbocycles. The molecule has 3 heterocycles. The van der Waals surface area contributed by atoms with Gasteiger partial charge in [-0.25, -0.2) is 15.0 Å². The maximum absolute atomic E-state index is 12.8. The summed E-state index contributed by atoms with van der Waals surface area (Å²) in [7, 11) is 0. The lowest BCUT2D eigenvalue weighted by Crippen LogP contribution is -2.43. The number of ether oxygens (including phenoxy) is 1. The van der Waals surface area contributed by atoms with Crippen molar-refractivity contribution in [3.8, 4) is 11.3 Å². The topological polar surface area (TPSA) is 68.2 Å². The average molecular weight is 326 g/mol. The Balaban J connectivity index is 1.73. The van der Waals surface area contributed by atoms with Crippen molar-refractivity contribution in [2.75, 3.05) is 19.7 Å². The third-order valence-corrected chi connectivity index (χ3v) is 4.05. The van der Waals surface area contributed by atoms with Gasteiger partial charge in [-0.2, -0.15) is 0 Å². The number of pyridine rings is 1. The van der Waals surface area contributed by atoms with Crippen molar-refractivity contribution in [3.05, 3.63) is 42.6 Å². The van der Waals surface area contributed by atoms with Gasteiger partial charge < -0.3 is 9.64 Å². The SMILES string of the molecule is CCCO[C@H]1CCCN(C(=O)c2cccc(-c3cncnc3)n2)C1. The van der Waals surface area contributed by atoms with Gasteiger partial charge in [0.2, 0.25) is 0 Å². The van der Waals surface area contributed by atoms with Crippen LogP contribution < -0.4 is 0 Å². The van der Waals surface area contributed by atoms with Gasteiger partial charge in [0, 0.05) is 37.7 Å². The summed E-state index contributed by atoms with van der Waals surface area (Å²) in [5.41, 5.74) is 1.96. The maximum Gasteiger partial charge on any atom is 0.272 e. The van der Waals surface area contributed by atoms with E-state index in [1.54, 1.807) is 18.5 Å². The Morgan fingerprint density at radius 1 is 1.33 bits per heavy atom. The summed E-state index contributed by atoms with van der Waals surface area (Å²) in [6.45, 7) is 4.23. The number of nitrogens with zero attached hydrogens (tertiary/aromatic N) is 4. The number of likely N-dealkylation sites (tertiary alicyclic amines) is 1. The highest BCUT2D eigenvalue weighted by Crippen LogP contribution is 2.18. The van der Waals surface area contributed by atoms with Crippen LogP contribution >= 0.6 is 0 Å². The summed E-state index contributed by atoms with van der Waals surface area (Å²) in [5.74, 6) is -0.0431. The van der Waals surface area contributed by atoms with Crippen LogP contribution in [0.15, 0.2) is 36.9 Å². The number of rotatable bonds is 5. The first-order chi connectivity index (χ1) is 11.8. The number of hydrogen-bond acceptors (Lipinski definition) is 5. The van der Waals surface area contributed by atoms with Crippen molar-refractivity contribution in [1.82, 2.24) is 19.9 Å². The fourth-order valence-electron chi connectivity index (χ4n) is 2.85. The van der Waals surface area contributed by atoms with Gasteiger partial charge in [0.25, 0.3) is 5.91 Å². The minimum Gasteiger partial charge on any atom is -0.376 e. The maximum atomic E-state index is 12.8. The largest absolute Gasteiger partial charge is 0.376 e. The van der Waals surface area contributed by atoms with E-state index >= 15 is 0 Å². The Hall–Kier alpha value is -2.34. The highest BCUT2D eigenvalue weighted by molar-refractivity contribution is 5.93. The van der Waals surface area contributed by atoms with Crippen LogP contribution in [0.3, 0.4) is 0 Å². The number of aromatic nitrogens is 3. The predicted octanol–water partition coefficient (Wildman–Crippen LogP) is 2.57. The molecule has 0 bridgehead atoms. The quantitative estimate of drug-likeness (QED) is 0.845. The molecule has 3 rings (SSSR count). The van der Waals surface area contributed by atoms with Gasteiger partial charge in [-0.15, -0.1) is 0 Å². The van der Waals surface area contributed by atoms with Crippen molar-refractivity contribution in [2.24, 2.45) is 0 Å². The normalized spacial score (nSPS) is 17.7. The zero-order valence-electron chi connectivity index (χ0n) is 13.9. The monoisotopic (exact) mass is 326 g/mol. The Bertz CT molecular complexity index is 678. The number of carbonyl (C=O) groups is 1. The molecular weight excluding hydrogens is 304 g/mol. The summed E-state index contributed by atoms with van der Waals surface area (Å²) >= 11 is 0. The predicted molar refractivity (Wildman–Crippen MR) is 90.4 cm³/mol. The second-order valence-electron chi connectivity index (χ2n) is 5.92. The van der Waals surface area contributed by atoms with Crippen LogP contribution in [0.25, 0.3) is 11.3 Å². The van der Waals surface area contributed by atoms with E-state index in [9.17, 15) is 4.79 Å². The second kappa shape index (κ2) is 7.97. The molecule has 0 N–H and O–H groups in total. The fourth-order valence-corrected chi connectivity index (χ4v) is 2.85. The Morgan fingerprint density at radius 2 is 2.17 bits per heavy atom. The van der Waals surface area contributed by atoms with Gasteiger partial charge in [-0.05, 0) is 31.4 Å². The van der Waals surface area contributed by atoms with Crippen molar-refractivity contribution in [2.45, 2.75) is 32.3 Å². The summed E-state index contributed by atoms with van der Waals surface area (Å²) in [4.78, 5) is 27.1. The molecule has 0 saturated carbocycles. The van der Waals surface area contributed by atoms with Gasteiger partial charge in [0.05, 0.1) is 11.8 Å². The van der Waals surface area contributed by atoms with E-state index in [1.807, 2.05) is 17.0 Å². The van der Waals surface area contributed by atoms with Crippen LogP contribution in [0, 0.1) is 0 Å². The van der Waals surface area contributed by atoms with Crippen LogP contribution in [0.4, 0.5) is 0 Å². The minimum atomic E-state index is -0.0431. The van der Waals surface area contributed by atoms with E-state index in [2.05, 4.69) is 21.9 Å². The van der Waals surface area contributed by atoms with Crippen molar-refractivity contribution < 1.29 is 9.53 Å². The molecule has 0 aromatic carbocycles. The van der Waals surface area contributed by atoms with E-state index in [0.29, 0.717) is 17.9 Å². The zero-order valence-corrected chi connectivity index (χ0v) is 13.9. The molecule has 126 valence electrons. The molecule has 1 atom stereocenters. The number of piperidine rings is 1. The number of hydrogen-bond donors (Lipinski definition) is 0. The van der Waals surface area contributed by atoms with Gasteiger partial charge in [-0.3, -0.25) is 4.79 Å². The van der Waals surface area contributed by atoms with Crippen LogP contribution in [0.5, 0.6) is 0 Å². The molecule has 6 nitrogen and oxygen atoms in total. The fraction of sp³-hybridized carbons (Fsp3) is 0.444. The lowest BCUT2D eigenvalue weighted by atomic mass is 10.1. The molecular formula is C18H22N4O2. The van der Waals surface area contributed by atoms with Crippen molar-refractivity contribution >= 4 is 5.91 Å². The van der Waals surface area contributed by atoms with Gasteiger partial charge in [-0.1, -0.05) is 13.0 Å². The lowest BCUT2D eigenvalue weighted by molar-refractivity contribution is 0.00193. The van der Waals surface area contributed by atoms with E-state index in [-0.39, 0.29) is 12.0 Å². The molecule has 2 aromatic heterocycles. The van der Waals surface area contributed by atoms with Crippen LogP contribution in [-0.4, -0.2) is 51.6 Å². The van der Waals surface area contributed by atoms with Gasteiger partial charge in [0.1, 0.15) is 12.0 Å². The first-order valence-electron chi connectivity index (χ1n) is 8.41. The molecule has 6 heteroatoms. The Labute approximate surface area is 141 Å². The smallest absolute Gasteiger partial charge is 0.272 e. The van der Waals surface area contributed by atoms with Gasteiger partial charge in [0.15, 0.2) is 0 Å². The third kappa shape index (κ3) is 3.94. The summed E-state index contributed by atoms with van der Waals surface area (Å²) < 4.78 is 5.81. The molecule has 1 aliphatic rings. The summed E-state index contributed by atoms with van der Waals surface area (Å²) in [6.07, 6.45) is 7.97. The first kappa shape index (κ1) is 16.5. The highest BCUT2D eigenvalue weighted by atomic mass is 16.5. The van der Waals surface area contributed by atoms with Crippen LogP contribution in [0.2, 0.25) is 0 Å². The molecule has 24 heavy (non-hydrogen) atoms. The second-order valence-corrected chi connectivity index (χ2v) is 5.92. The molecule has 0 radical (unpaired) electrons. The van der Waals surface area contributed by atoms with E-state index in [1.165, 1.54) is 6.33 Å².